The average Bonchev–Trinajstić information content (AvgIpc) is 2.69. The molecule has 3 aromatic rings. The van der Waals surface area contributed by atoms with Crippen LogP contribution in [0.15, 0.2) is 80.6 Å². The number of carbonyl (C=O) groups excluding carboxylic acids is 1. The van der Waals surface area contributed by atoms with E-state index < -0.39 is 5.91 Å². The van der Waals surface area contributed by atoms with Gasteiger partial charge in [-0.15, -0.1) is 0 Å². The van der Waals surface area contributed by atoms with Crippen molar-refractivity contribution in [2.45, 2.75) is 6.92 Å². The Bertz CT molecular complexity index is 1050. The second-order valence-corrected chi connectivity index (χ2v) is 6.73. The van der Waals surface area contributed by atoms with Gasteiger partial charge in [0.05, 0.1) is 23.2 Å². The summed E-state index contributed by atoms with van der Waals surface area (Å²) in [6.45, 7) is 1.84. The fourth-order valence-corrected chi connectivity index (χ4v) is 2.58. The number of aryl methyl sites for hydroxylation is 1. The quantitative estimate of drug-likeness (QED) is 0.332. The number of nitrogens with zero attached hydrogens (tertiary/aromatic N) is 4. The number of pyridine rings is 1. The van der Waals surface area contributed by atoms with E-state index in [4.69, 9.17) is 0 Å². The summed E-state index contributed by atoms with van der Waals surface area (Å²) in [4.78, 5) is 16.1. The SMILES string of the molecule is Cc1ccc(C(=O)N/N=C\c2cc(N=Nc3cccc(Br)c3)ccc2O)cn1. The van der Waals surface area contributed by atoms with Gasteiger partial charge in [-0.05, 0) is 55.5 Å². The second-order valence-electron chi connectivity index (χ2n) is 5.81. The molecular formula is C20H16BrN5O2. The van der Waals surface area contributed by atoms with Gasteiger partial charge in [-0.3, -0.25) is 9.78 Å². The van der Waals surface area contributed by atoms with Gasteiger partial charge >= 0.3 is 0 Å². The first kappa shape index (κ1) is 19.4. The Morgan fingerprint density at radius 3 is 2.61 bits per heavy atom. The van der Waals surface area contributed by atoms with Crippen molar-refractivity contribution in [3.05, 3.63) is 82.1 Å². The summed E-state index contributed by atoms with van der Waals surface area (Å²) >= 11 is 3.38. The highest BCUT2D eigenvalue weighted by Gasteiger charge is 2.05. The van der Waals surface area contributed by atoms with E-state index in [-0.39, 0.29) is 5.75 Å². The number of azo groups is 1. The molecule has 0 fully saturated rings. The van der Waals surface area contributed by atoms with E-state index in [1.165, 1.54) is 18.5 Å². The highest BCUT2D eigenvalue weighted by molar-refractivity contribution is 9.10. The maximum absolute atomic E-state index is 12.0. The lowest BCUT2D eigenvalue weighted by atomic mass is 10.2. The highest BCUT2D eigenvalue weighted by atomic mass is 79.9. The predicted octanol–water partition coefficient (Wildman–Crippen LogP) is 5.04. The van der Waals surface area contributed by atoms with Gasteiger partial charge in [0.15, 0.2) is 0 Å². The van der Waals surface area contributed by atoms with E-state index in [0.29, 0.717) is 22.5 Å². The molecule has 3 rings (SSSR count). The Hall–Kier alpha value is -3.39. The number of nitrogens with one attached hydrogen (secondary N) is 1. The first-order valence-corrected chi connectivity index (χ1v) is 9.07. The zero-order valence-corrected chi connectivity index (χ0v) is 16.5. The molecule has 28 heavy (non-hydrogen) atoms. The molecule has 2 aromatic carbocycles. The van der Waals surface area contributed by atoms with Crippen LogP contribution in [-0.2, 0) is 0 Å². The fourth-order valence-electron chi connectivity index (χ4n) is 2.19. The van der Waals surface area contributed by atoms with E-state index in [2.05, 4.69) is 41.7 Å². The maximum atomic E-state index is 12.0. The van der Waals surface area contributed by atoms with Crippen LogP contribution < -0.4 is 5.43 Å². The van der Waals surface area contributed by atoms with Crippen LogP contribution in [0.5, 0.6) is 5.75 Å². The van der Waals surface area contributed by atoms with Gasteiger partial charge in [-0.2, -0.15) is 15.3 Å². The molecule has 1 amide bonds. The largest absolute Gasteiger partial charge is 0.507 e. The van der Waals surface area contributed by atoms with E-state index >= 15 is 0 Å². The van der Waals surface area contributed by atoms with Crippen LogP contribution in [0.25, 0.3) is 0 Å². The summed E-state index contributed by atoms with van der Waals surface area (Å²) in [5.41, 5.74) is 5.23. The lowest BCUT2D eigenvalue weighted by molar-refractivity contribution is 0.0954. The zero-order valence-electron chi connectivity index (χ0n) is 14.9. The number of hydrogen-bond donors (Lipinski definition) is 2. The third-order valence-corrected chi connectivity index (χ3v) is 4.14. The van der Waals surface area contributed by atoms with Gasteiger partial charge in [-0.1, -0.05) is 22.0 Å². The first-order valence-electron chi connectivity index (χ1n) is 8.27. The molecule has 0 radical (unpaired) electrons. The summed E-state index contributed by atoms with van der Waals surface area (Å²) in [5.74, 6) is -0.384. The molecule has 1 aromatic heterocycles. The standard InChI is InChI=1S/C20H16BrN5O2/c1-13-5-6-14(11-22-13)20(28)26-23-12-15-9-18(7-8-19(15)27)25-24-17-4-2-3-16(21)10-17/h2-12,27H,1H3,(H,26,28)/b23-12-,25-24?. The van der Waals surface area contributed by atoms with Gasteiger partial charge in [0.1, 0.15) is 5.75 Å². The monoisotopic (exact) mass is 437 g/mol. The topological polar surface area (TPSA) is 99.3 Å². The Labute approximate surface area is 170 Å². The normalized spacial score (nSPS) is 11.2. The Morgan fingerprint density at radius 2 is 1.89 bits per heavy atom. The van der Waals surface area contributed by atoms with Crippen LogP contribution >= 0.6 is 15.9 Å². The van der Waals surface area contributed by atoms with Crippen molar-refractivity contribution < 1.29 is 9.90 Å². The Balaban J connectivity index is 1.70. The van der Waals surface area contributed by atoms with E-state index in [1.807, 2.05) is 31.2 Å². The number of phenolic OH excluding ortho intramolecular Hbond substituents is 1. The molecule has 0 bridgehead atoms. The number of rotatable bonds is 5. The van der Waals surface area contributed by atoms with E-state index in [9.17, 15) is 9.90 Å². The van der Waals surface area contributed by atoms with Crippen molar-refractivity contribution in [3.8, 4) is 5.75 Å². The summed E-state index contributed by atoms with van der Waals surface area (Å²) in [6, 6.07) is 15.5. The number of halogens is 1. The first-order chi connectivity index (χ1) is 13.5. The van der Waals surface area contributed by atoms with Crippen molar-refractivity contribution in [1.82, 2.24) is 10.4 Å². The van der Waals surface area contributed by atoms with Crippen LogP contribution in [0.1, 0.15) is 21.6 Å². The van der Waals surface area contributed by atoms with Crippen LogP contribution in [0.2, 0.25) is 0 Å². The highest BCUT2D eigenvalue weighted by Crippen LogP contribution is 2.25. The van der Waals surface area contributed by atoms with E-state index in [0.717, 1.165) is 10.2 Å². The zero-order chi connectivity index (χ0) is 19.9. The Morgan fingerprint density at radius 1 is 1.11 bits per heavy atom. The molecule has 7 nitrogen and oxygen atoms in total. The number of hydrogen-bond acceptors (Lipinski definition) is 6. The Kier molecular flexibility index (Phi) is 6.23. The van der Waals surface area contributed by atoms with Crippen LogP contribution in [0, 0.1) is 6.92 Å². The van der Waals surface area contributed by atoms with Gasteiger partial charge in [0.2, 0.25) is 0 Å². The van der Waals surface area contributed by atoms with Crippen molar-refractivity contribution >= 4 is 39.4 Å². The summed E-state index contributed by atoms with van der Waals surface area (Å²) in [5, 5.41) is 22.2. The molecule has 8 heteroatoms. The van der Waals surface area contributed by atoms with Crippen LogP contribution in [0.4, 0.5) is 11.4 Å². The maximum Gasteiger partial charge on any atom is 0.272 e. The number of aromatic nitrogens is 1. The average molecular weight is 438 g/mol. The van der Waals surface area contributed by atoms with E-state index in [1.54, 1.807) is 24.3 Å². The summed E-state index contributed by atoms with van der Waals surface area (Å²) < 4.78 is 0.905. The molecule has 0 aliphatic heterocycles. The minimum absolute atomic E-state index is 0.0106. The minimum Gasteiger partial charge on any atom is -0.507 e. The number of carbonyl (C=O) groups is 1. The third kappa shape index (κ3) is 5.31. The molecule has 0 unspecified atom stereocenters. The minimum atomic E-state index is -0.395. The van der Waals surface area contributed by atoms with Crippen LogP contribution in [-0.4, -0.2) is 22.2 Å². The molecule has 0 aliphatic carbocycles. The smallest absolute Gasteiger partial charge is 0.272 e. The van der Waals surface area contributed by atoms with Crippen molar-refractivity contribution in [3.63, 3.8) is 0 Å². The summed E-state index contributed by atoms with van der Waals surface area (Å²) in [7, 11) is 0. The number of phenols is 1. The molecule has 0 spiro atoms. The number of aromatic hydroxyl groups is 1. The molecule has 0 saturated carbocycles. The van der Waals surface area contributed by atoms with Crippen molar-refractivity contribution in [2.75, 3.05) is 0 Å². The molecule has 140 valence electrons. The lowest BCUT2D eigenvalue weighted by Crippen LogP contribution is -2.17. The molecule has 0 aliphatic rings. The van der Waals surface area contributed by atoms with Gasteiger partial charge in [0.25, 0.3) is 5.91 Å². The molecule has 0 atom stereocenters. The molecule has 1 heterocycles. The van der Waals surface area contributed by atoms with Crippen molar-refractivity contribution in [1.29, 1.82) is 0 Å². The molecule has 2 N–H and O–H groups in total. The van der Waals surface area contributed by atoms with Crippen molar-refractivity contribution in [2.24, 2.45) is 15.3 Å². The fraction of sp³-hybridized carbons (Fsp3) is 0.0500. The second kappa shape index (κ2) is 9.01. The number of amides is 1. The predicted molar refractivity (Wildman–Crippen MR) is 110 cm³/mol. The third-order valence-electron chi connectivity index (χ3n) is 3.64. The number of benzene rings is 2. The van der Waals surface area contributed by atoms with Gasteiger partial charge in [-0.25, -0.2) is 5.43 Å². The molecule has 0 saturated heterocycles. The molecular weight excluding hydrogens is 422 g/mol. The van der Waals surface area contributed by atoms with Gasteiger partial charge in [0, 0.05) is 21.9 Å². The lowest BCUT2D eigenvalue weighted by Gasteiger charge is -2.02. The van der Waals surface area contributed by atoms with Gasteiger partial charge < -0.3 is 5.11 Å². The number of hydrazone groups is 1. The van der Waals surface area contributed by atoms with Crippen LogP contribution in [0.3, 0.4) is 0 Å². The summed E-state index contributed by atoms with van der Waals surface area (Å²) in [6.07, 6.45) is 2.81.